The van der Waals surface area contributed by atoms with Crippen molar-refractivity contribution in [3.63, 3.8) is 0 Å². The third-order valence-electron chi connectivity index (χ3n) is 1.07. The van der Waals surface area contributed by atoms with Gasteiger partial charge in [-0.3, -0.25) is 0 Å². The van der Waals surface area contributed by atoms with Gasteiger partial charge in [0.2, 0.25) is 5.95 Å². The van der Waals surface area contributed by atoms with Crippen molar-refractivity contribution in [3.8, 4) is 0 Å². The van der Waals surface area contributed by atoms with E-state index in [1.165, 1.54) is 4.68 Å². The highest BCUT2D eigenvalue weighted by molar-refractivity contribution is 5.53. The van der Waals surface area contributed by atoms with Crippen LogP contribution in [0.2, 0.25) is 0 Å². The summed E-state index contributed by atoms with van der Waals surface area (Å²) in [5, 5.41) is 3.93. The Morgan fingerprint density at radius 3 is 2.90 bits per heavy atom. The summed E-state index contributed by atoms with van der Waals surface area (Å²) in [7, 11) is 0. The summed E-state index contributed by atoms with van der Waals surface area (Å²) in [6.07, 6.45) is 3.44. The second-order valence-corrected chi connectivity index (χ2v) is 1.96. The van der Waals surface area contributed by atoms with Gasteiger partial charge in [0, 0.05) is 6.21 Å². The Morgan fingerprint density at radius 2 is 2.50 bits per heavy atom. The predicted molar refractivity (Wildman–Crippen MR) is 40.9 cm³/mol. The lowest BCUT2D eigenvalue weighted by Gasteiger charge is -1.90. The van der Waals surface area contributed by atoms with Crippen LogP contribution in [-0.2, 0) is 0 Å². The second-order valence-electron chi connectivity index (χ2n) is 1.96. The zero-order chi connectivity index (χ0) is 7.56. The largest absolute Gasteiger partial charge is 0.368 e. The molecule has 0 radical (unpaired) electrons. The summed E-state index contributed by atoms with van der Waals surface area (Å²) < 4.78 is 1.54. The molecule has 0 unspecified atom stereocenters. The van der Waals surface area contributed by atoms with Crippen molar-refractivity contribution in [3.05, 3.63) is 11.9 Å². The van der Waals surface area contributed by atoms with Crippen molar-refractivity contribution in [2.45, 2.75) is 13.8 Å². The van der Waals surface area contributed by atoms with Crippen LogP contribution < -0.4 is 5.73 Å². The van der Waals surface area contributed by atoms with Gasteiger partial charge >= 0.3 is 0 Å². The quantitative estimate of drug-likeness (QED) is 0.578. The molecule has 4 nitrogen and oxygen atoms in total. The minimum atomic E-state index is 0.426. The Labute approximate surface area is 59.4 Å². The first-order chi connectivity index (χ1) is 4.74. The van der Waals surface area contributed by atoms with E-state index < -0.39 is 0 Å². The molecule has 10 heavy (non-hydrogen) atoms. The van der Waals surface area contributed by atoms with Crippen molar-refractivity contribution < 1.29 is 0 Å². The number of nitrogens with zero attached hydrogens (tertiary/aromatic N) is 3. The number of imidazole rings is 1. The first-order valence-electron chi connectivity index (χ1n) is 3.04. The van der Waals surface area contributed by atoms with Gasteiger partial charge < -0.3 is 5.73 Å². The minimum absolute atomic E-state index is 0.426. The van der Waals surface area contributed by atoms with Crippen LogP contribution in [0.1, 0.15) is 12.6 Å². The average molecular weight is 138 g/mol. The number of hydrogen-bond acceptors (Lipinski definition) is 3. The second kappa shape index (κ2) is 2.51. The molecule has 0 aromatic carbocycles. The molecule has 0 spiro atoms. The number of hydrogen-bond donors (Lipinski definition) is 1. The molecule has 0 saturated carbocycles. The lowest BCUT2D eigenvalue weighted by Crippen LogP contribution is -1.95. The molecule has 1 aromatic heterocycles. The van der Waals surface area contributed by atoms with Crippen LogP contribution in [0.4, 0.5) is 5.95 Å². The third-order valence-corrected chi connectivity index (χ3v) is 1.07. The van der Waals surface area contributed by atoms with Crippen LogP contribution in [0.15, 0.2) is 11.3 Å². The van der Waals surface area contributed by atoms with Crippen molar-refractivity contribution in [1.82, 2.24) is 9.66 Å². The van der Waals surface area contributed by atoms with Crippen molar-refractivity contribution in [2.24, 2.45) is 5.10 Å². The SMILES string of the molecule is C/C=N/n1cc(C)nc1N. The lowest BCUT2D eigenvalue weighted by molar-refractivity contribution is 0.896. The van der Waals surface area contributed by atoms with E-state index in [1.807, 2.05) is 13.8 Å². The lowest BCUT2D eigenvalue weighted by atomic mass is 10.6. The summed E-state index contributed by atoms with van der Waals surface area (Å²) in [5.41, 5.74) is 6.34. The number of anilines is 1. The maximum absolute atomic E-state index is 5.47. The molecule has 0 fully saturated rings. The van der Waals surface area contributed by atoms with E-state index in [0.717, 1.165) is 5.69 Å². The first kappa shape index (κ1) is 6.80. The summed E-state index contributed by atoms with van der Waals surface area (Å²) in [6.45, 7) is 3.70. The Hall–Kier alpha value is -1.32. The number of aryl methyl sites for hydroxylation is 1. The molecule has 0 aliphatic heterocycles. The molecule has 1 heterocycles. The number of nitrogens with two attached hydrogens (primary N) is 1. The normalized spacial score (nSPS) is 11.0. The highest BCUT2D eigenvalue weighted by Crippen LogP contribution is 2.01. The first-order valence-corrected chi connectivity index (χ1v) is 3.04. The van der Waals surface area contributed by atoms with Crippen LogP contribution >= 0.6 is 0 Å². The standard InChI is InChI=1S/C6H10N4/c1-3-8-10-4-5(2)9-6(10)7/h3-4H,1-2H3,(H2,7,9)/b8-3+. The molecule has 2 N–H and O–H groups in total. The van der Waals surface area contributed by atoms with E-state index in [4.69, 9.17) is 5.73 Å². The fourth-order valence-electron chi connectivity index (χ4n) is 0.721. The molecular formula is C6H10N4. The highest BCUT2D eigenvalue weighted by atomic mass is 15.4. The predicted octanol–water partition coefficient (Wildman–Crippen LogP) is 0.628. The molecular weight excluding hydrogens is 128 g/mol. The van der Waals surface area contributed by atoms with E-state index in [0.29, 0.717) is 5.95 Å². The van der Waals surface area contributed by atoms with Crippen molar-refractivity contribution in [1.29, 1.82) is 0 Å². The monoisotopic (exact) mass is 138 g/mol. The molecule has 1 rings (SSSR count). The van der Waals surface area contributed by atoms with E-state index >= 15 is 0 Å². The van der Waals surface area contributed by atoms with Crippen molar-refractivity contribution >= 4 is 12.2 Å². The number of nitrogen functional groups attached to an aromatic ring is 1. The smallest absolute Gasteiger partial charge is 0.221 e. The minimum Gasteiger partial charge on any atom is -0.368 e. The van der Waals surface area contributed by atoms with Crippen LogP contribution in [0.5, 0.6) is 0 Å². The Morgan fingerprint density at radius 1 is 1.80 bits per heavy atom. The molecule has 1 aromatic rings. The maximum Gasteiger partial charge on any atom is 0.221 e. The van der Waals surface area contributed by atoms with Gasteiger partial charge in [0.1, 0.15) is 0 Å². The van der Waals surface area contributed by atoms with Gasteiger partial charge in [0.25, 0.3) is 0 Å². The summed E-state index contributed by atoms with van der Waals surface area (Å²) in [6, 6.07) is 0. The Kier molecular flexibility index (Phi) is 1.71. The molecule has 0 atom stereocenters. The van der Waals surface area contributed by atoms with E-state index in [1.54, 1.807) is 12.4 Å². The van der Waals surface area contributed by atoms with Crippen LogP contribution in [0, 0.1) is 6.92 Å². The van der Waals surface area contributed by atoms with Gasteiger partial charge in [-0.25, -0.2) is 9.66 Å². The van der Waals surface area contributed by atoms with Gasteiger partial charge in [-0.2, -0.15) is 5.10 Å². The maximum atomic E-state index is 5.47. The topological polar surface area (TPSA) is 56.2 Å². The molecule has 0 bridgehead atoms. The van der Waals surface area contributed by atoms with Crippen LogP contribution in [0.25, 0.3) is 0 Å². The molecule has 0 amide bonds. The molecule has 4 heteroatoms. The van der Waals surface area contributed by atoms with E-state index in [2.05, 4.69) is 10.1 Å². The summed E-state index contributed by atoms with van der Waals surface area (Å²) in [5.74, 6) is 0.426. The Balaban J connectivity index is 3.03. The van der Waals surface area contributed by atoms with Gasteiger partial charge in [-0.15, -0.1) is 0 Å². The fraction of sp³-hybridized carbons (Fsp3) is 0.333. The molecule has 0 aliphatic carbocycles. The highest BCUT2D eigenvalue weighted by Gasteiger charge is 1.96. The third kappa shape index (κ3) is 1.15. The van der Waals surface area contributed by atoms with Gasteiger partial charge in [-0.05, 0) is 13.8 Å². The van der Waals surface area contributed by atoms with E-state index in [9.17, 15) is 0 Å². The summed E-state index contributed by atoms with van der Waals surface area (Å²) in [4.78, 5) is 3.96. The van der Waals surface area contributed by atoms with E-state index in [-0.39, 0.29) is 0 Å². The average Bonchev–Trinajstić information content (AvgIpc) is 2.13. The van der Waals surface area contributed by atoms with Gasteiger partial charge in [0.05, 0.1) is 11.9 Å². The van der Waals surface area contributed by atoms with Gasteiger partial charge in [-0.1, -0.05) is 0 Å². The molecule has 0 aliphatic rings. The Bertz CT molecular complexity index is 248. The fourth-order valence-corrected chi connectivity index (χ4v) is 0.721. The summed E-state index contributed by atoms with van der Waals surface area (Å²) >= 11 is 0. The molecule has 54 valence electrons. The number of rotatable bonds is 1. The number of aromatic nitrogens is 2. The zero-order valence-corrected chi connectivity index (χ0v) is 6.07. The zero-order valence-electron chi connectivity index (χ0n) is 6.07. The van der Waals surface area contributed by atoms with Crippen LogP contribution in [-0.4, -0.2) is 15.9 Å². The van der Waals surface area contributed by atoms with Crippen molar-refractivity contribution in [2.75, 3.05) is 5.73 Å². The van der Waals surface area contributed by atoms with Crippen LogP contribution in [0.3, 0.4) is 0 Å². The van der Waals surface area contributed by atoms with Gasteiger partial charge in [0.15, 0.2) is 0 Å². The molecule has 0 saturated heterocycles.